The largest absolute Gasteiger partial charge is 0.480 e. The van der Waals surface area contributed by atoms with Gasteiger partial charge in [-0.2, -0.15) is 8.78 Å². The topological polar surface area (TPSA) is 105 Å². The van der Waals surface area contributed by atoms with Crippen molar-refractivity contribution in [3.05, 3.63) is 60.2 Å². The molecule has 1 saturated heterocycles. The molecule has 10 heteroatoms. The lowest BCUT2D eigenvalue weighted by atomic mass is 10.2. The third kappa shape index (κ3) is 5.98. The summed E-state index contributed by atoms with van der Waals surface area (Å²) in [7, 11) is 0. The summed E-state index contributed by atoms with van der Waals surface area (Å²) in [5.74, 6) is -1.42. The first-order valence-corrected chi connectivity index (χ1v) is 9.40. The van der Waals surface area contributed by atoms with Gasteiger partial charge in [0.2, 0.25) is 5.91 Å². The van der Waals surface area contributed by atoms with E-state index in [0.717, 1.165) is 4.90 Å². The predicted octanol–water partition coefficient (Wildman–Crippen LogP) is 2.50. The van der Waals surface area contributed by atoms with E-state index in [2.05, 4.69) is 10.1 Å². The predicted molar refractivity (Wildman–Crippen MR) is 104 cm³/mol. The Morgan fingerprint density at radius 1 is 1.06 bits per heavy atom. The number of nitrogens with one attached hydrogen (secondary N) is 1. The van der Waals surface area contributed by atoms with Crippen LogP contribution in [0.25, 0.3) is 0 Å². The van der Waals surface area contributed by atoms with Crippen LogP contribution in [0.5, 0.6) is 11.5 Å². The third-order valence-corrected chi connectivity index (χ3v) is 4.66. The highest BCUT2D eigenvalue weighted by molar-refractivity contribution is 5.97. The Hall–Kier alpha value is -3.53. The Morgan fingerprint density at radius 3 is 2.32 bits per heavy atom. The molecule has 1 fully saturated rings. The van der Waals surface area contributed by atoms with E-state index < -0.39 is 43.1 Å². The molecule has 1 aliphatic rings. The lowest BCUT2D eigenvalue weighted by molar-refractivity contribution is -0.160. The zero-order chi connectivity index (χ0) is 22.4. The van der Waals surface area contributed by atoms with E-state index in [1.165, 1.54) is 12.1 Å². The van der Waals surface area contributed by atoms with Gasteiger partial charge in [-0.1, -0.05) is 18.2 Å². The fraction of sp³-hybridized carbons (Fsp3) is 0.286. The summed E-state index contributed by atoms with van der Waals surface area (Å²) in [6, 6.07) is 14.0. The number of likely N-dealkylation sites (tertiary alicyclic amines) is 1. The third-order valence-electron chi connectivity index (χ3n) is 4.66. The van der Waals surface area contributed by atoms with Crippen molar-refractivity contribution in [1.82, 2.24) is 10.2 Å². The SMILES string of the molecule is O=C(NCC(=O)N1C[C@H](OC(F)F)C[C@H]1C(=O)O)c1ccc(Oc2ccccc2)cc1. The smallest absolute Gasteiger partial charge is 0.345 e. The second kappa shape index (κ2) is 9.98. The molecule has 0 unspecified atom stereocenters. The minimum atomic E-state index is -3.07. The maximum atomic E-state index is 12.4. The van der Waals surface area contributed by atoms with Gasteiger partial charge in [0, 0.05) is 18.5 Å². The van der Waals surface area contributed by atoms with Gasteiger partial charge in [0.25, 0.3) is 5.91 Å². The van der Waals surface area contributed by atoms with Gasteiger partial charge in [0.1, 0.15) is 17.5 Å². The number of para-hydroxylation sites is 1. The minimum Gasteiger partial charge on any atom is -0.480 e. The first-order valence-electron chi connectivity index (χ1n) is 9.40. The fourth-order valence-corrected chi connectivity index (χ4v) is 3.21. The van der Waals surface area contributed by atoms with Gasteiger partial charge >= 0.3 is 12.6 Å². The molecule has 0 aliphatic carbocycles. The Bertz CT molecular complexity index is 923. The fourth-order valence-electron chi connectivity index (χ4n) is 3.21. The zero-order valence-corrected chi connectivity index (χ0v) is 16.2. The number of carboxylic acids is 1. The van der Waals surface area contributed by atoms with Crippen LogP contribution in [0.1, 0.15) is 16.8 Å². The summed E-state index contributed by atoms with van der Waals surface area (Å²) in [5.41, 5.74) is 0.267. The number of amides is 2. The van der Waals surface area contributed by atoms with Gasteiger partial charge in [-0.05, 0) is 36.4 Å². The average Bonchev–Trinajstić information content (AvgIpc) is 3.16. The number of alkyl halides is 2. The number of rotatable bonds is 8. The first kappa shape index (κ1) is 22.2. The van der Waals surface area contributed by atoms with Gasteiger partial charge in [-0.25, -0.2) is 4.79 Å². The Morgan fingerprint density at radius 2 is 1.71 bits per heavy atom. The van der Waals surface area contributed by atoms with Gasteiger partial charge < -0.3 is 24.8 Å². The van der Waals surface area contributed by atoms with Crippen LogP contribution in [0.15, 0.2) is 54.6 Å². The lowest BCUT2D eigenvalue weighted by Crippen LogP contribution is -2.45. The van der Waals surface area contributed by atoms with Crippen molar-refractivity contribution in [1.29, 1.82) is 0 Å². The van der Waals surface area contributed by atoms with E-state index in [0.29, 0.717) is 11.5 Å². The van der Waals surface area contributed by atoms with Crippen molar-refractivity contribution in [3.8, 4) is 11.5 Å². The molecule has 3 rings (SSSR count). The number of aliphatic carboxylic acids is 1. The standard InChI is InChI=1S/C21H20F2N2O6/c22-21(23)31-16-10-17(20(28)29)25(12-16)18(26)11-24-19(27)13-6-8-15(9-7-13)30-14-4-2-1-3-5-14/h1-9,16-17,21H,10-12H2,(H,24,27)(H,28,29)/t16-,17+/m1/s1. The van der Waals surface area contributed by atoms with Crippen molar-refractivity contribution in [2.24, 2.45) is 0 Å². The van der Waals surface area contributed by atoms with Crippen molar-refractivity contribution >= 4 is 17.8 Å². The molecular weight excluding hydrogens is 414 g/mol. The van der Waals surface area contributed by atoms with E-state index >= 15 is 0 Å². The number of carboxylic acid groups (broad SMARTS) is 1. The molecule has 2 N–H and O–H groups in total. The number of ether oxygens (including phenoxy) is 2. The number of carbonyl (C=O) groups is 3. The monoisotopic (exact) mass is 434 g/mol. The van der Waals surface area contributed by atoms with Gasteiger partial charge in [-0.15, -0.1) is 0 Å². The molecule has 0 saturated carbocycles. The Labute approximate surface area is 176 Å². The number of nitrogens with zero attached hydrogens (tertiary/aromatic N) is 1. The van der Waals surface area contributed by atoms with Crippen molar-refractivity contribution in [2.75, 3.05) is 13.1 Å². The summed E-state index contributed by atoms with van der Waals surface area (Å²) >= 11 is 0. The van der Waals surface area contributed by atoms with Crippen LogP contribution in [0.2, 0.25) is 0 Å². The first-order chi connectivity index (χ1) is 14.8. The highest BCUT2D eigenvalue weighted by atomic mass is 19.3. The average molecular weight is 434 g/mol. The van der Waals surface area contributed by atoms with Gasteiger partial charge in [0.15, 0.2) is 0 Å². The molecule has 2 aromatic rings. The lowest BCUT2D eigenvalue weighted by Gasteiger charge is -2.21. The number of hydrogen-bond acceptors (Lipinski definition) is 5. The minimum absolute atomic E-state index is 0.248. The Kier molecular flexibility index (Phi) is 7.14. The summed E-state index contributed by atoms with van der Waals surface area (Å²) < 4.78 is 34.8. The van der Waals surface area contributed by atoms with Gasteiger partial charge in [-0.3, -0.25) is 9.59 Å². The molecule has 0 bridgehead atoms. The molecule has 0 spiro atoms. The molecule has 31 heavy (non-hydrogen) atoms. The van der Waals surface area contributed by atoms with Crippen LogP contribution in [0.4, 0.5) is 8.78 Å². The molecule has 2 amide bonds. The highest BCUT2D eigenvalue weighted by Gasteiger charge is 2.41. The molecule has 1 heterocycles. The highest BCUT2D eigenvalue weighted by Crippen LogP contribution is 2.23. The van der Waals surface area contributed by atoms with Crippen molar-refractivity contribution in [2.45, 2.75) is 25.2 Å². The van der Waals surface area contributed by atoms with Crippen LogP contribution in [0, 0.1) is 0 Å². The van der Waals surface area contributed by atoms with Crippen LogP contribution in [-0.4, -0.2) is 59.6 Å². The molecule has 164 valence electrons. The van der Waals surface area contributed by atoms with E-state index in [-0.39, 0.29) is 18.5 Å². The van der Waals surface area contributed by atoms with Crippen molar-refractivity contribution < 1.29 is 37.7 Å². The van der Waals surface area contributed by atoms with E-state index in [1.54, 1.807) is 24.3 Å². The van der Waals surface area contributed by atoms with Crippen LogP contribution in [0.3, 0.4) is 0 Å². The second-order valence-electron chi connectivity index (χ2n) is 6.78. The summed E-state index contributed by atoms with van der Waals surface area (Å²) in [5, 5.41) is 11.6. The van der Waals surface area contributed by atoms with Crippen molar-refractivity contribution in [3.63, 3.8) is 0 Å². The summed E-state index contributed by atoms with van der Waals surface area (Å²) in [6.07, 6.45) is -1.33. The number of halogens is 2. The Balaban J connectivity index is 1.54. The molecule has 1 aliphatic heterocycles. The van der Waals surface area contributed by atoms with E-state index in [4.69, 9.17) is 4.74 Å². The van der Waals surface area contributed by atoms with E-state index in [9.17, 15) is 28.3 Å². The summed E-state index contributed by atoms with van der Waals surface area (Å²) in [6.45, 7) is -3.84. The van der Waals surface area contributed by atoms with Crippen LogP contribution >= 0.6 is 0 Å². The quantitative estimate of drug-likeness (QED) is 0.662. The number of carbonyl (C=O) groups excluding carboxylic acids is 2. The maximum absolute atomic E-state index is 12.4. The molecule has 0 aromatic heterocycles. The molecule has 2 aromatic carbocycles. The number of hydrogen-bond donors (Lipinski definition) is 2. The van der Waals surface area contributed by atoms with E-state index in [1.807, 2.05) is 18.2 Å². The zero-order valence-electron chi connectivity index (χ0n) is 16.2. The molecular formula is C21H20F2N2O6. The van der Waals surface area contributed by atoms with Crippen LogP contribution in [-0.2, 0) is 14.3 Å². The molecule has 0 radical (unpaired) electrons. The maximum Gasteiger partial charge on any atom is 0.345 e. The van der Waals surface area contributed by atoms with Gasteiger partial charge in [0.05, 0.1) is 12.6 Å². The molecule has 2 atom stereocenters. The normalized spacial score (nSPS) is 18.1. The molecule has 8 nitrogen and oxygen atoms in total. The van der Waals surface area contributed by atoms with Crippen LogP contribution < -0.4 is 10.1 Å². The second-order valence-corrected chi connectivity index (χ2v) is 6.78. The summed E-state index contributed by atoms with van der Waals surface area (Å²) in [4.78, 5) is 36.9. The number of benzene rings is 2.